The number of rotatable bonds is 3. The lowest BCUT2D eigenvalue weighted by atomic mass is 9.82. The van der Waals surface area contributed by atoms with E-state index >= 15 is 0 Å². The lowest BCUT2D eigenvalue weighted by Gasteiger charge is -2.49. The Bertz CT molecular complexity index is 635. The third kappa shape index (κ3) is 2.93. The molecule has 8 heteroatoms. The molecule has 0 aromatic heterocycles. The predicted molar refractivity (Wildman–Crippen MR) is 72.0 cm³/mol. The first-order valence-electron chi connectivity index (χ1n) is 6.43. The van der Waals surface area contributed by atoms with Crippen LogP contribution in [0.4, 0.5) is 13.2 Å². The molecule has 0 saturated carbocycles. The number of hydrogen-bond donors (Lipinski definition) is 1. The topological polar surface area (TPSA) is 63.4 Å². The second-order valence-electron chi connectivity index (χ2n) is 5.69. The molecule has 1 aromatic rings. The van der Waals surface area contributed by atoms with Gasteiger partial charge in [-0.1, -0.05) is 19.9 Å². The van der Waals surface area contributed by atoms with Gasteiger partial charge in [-0.25, -0.2) is 8.42 Å². The maximum absolute atomic E-state index is 12.7. The second-order valence-corrected chi connectivity index (χ2v) is 7.62. The number of alkyl halides is 3. The Morgan fingerprint density at radius 2 is 1.86 bits per heavy atom. The van der Waals surface area contributed by atoms with Crippen molar-refractivity contribution in [3.63, 3.8) is 0 Å². The van der Waals surface area contributed by atoms with Gasteiger partial charge in [-0.05, 0) is 24.1 Å². The lowest BCUT2D eigenvalue weighted by molar-refractivity contribution is -0.137. The van der Waals surface area contributed by atoms with Gasteiger partial charge in [0, 0.05) is 18.6 Å². The summed E-state index contributed by atoms with van der Waals surface area (Å²) in [7, 11) is -3.94. The molecule has 0 spiro atoms. The van der Waals surface area contributed by atoms with E-state index in [9.17, 15) is 21.6 Å². The molecule has 0 unspecified atom stereocenters. The van der Waals surface area contributed by atoms with Gasteiger partial charge in [0.1, 0.15) is 0 Å². The van der Waals surface area contributed by atoms with Gasteiger partial charge in [-0.3, -0.25) is 0 Å². The minimum absolute atomic E-state index is 0.0884. The molecule has 2 rings (SSSR count). The van der Waals surface area contributed by atoms with Crippen LogP contribution in [0.25, 0.3) is 0 Å². The zero-order valence-corrected chi connectivity index (χ0v) is 12.5. The third-order valence-electron chi connectivity index (χ3n) is 3.89. The van der Waals surface area contributed by atoms with Gasteiger partial charge in [0.05, 0.1) is 10.5 Å². The Morgan fingerprint density at radius 1 is 1.29 bits per heavy atom. The Hall–Kier alpha value is -1.12. The van der Waals surface area contributed by atoms with Crippen molar-refractivity contribution < 1.29 is 21.6 Å². The number of hydrogen-bond acceptors (Lipinski definition) is 3. The van der Waals surface area contributed by atoms with E-state index in [4.69, 9.17) is 5.73 Å². The summed E-state index contributed by atoms with van der Waals surface area (Å²) >= 11 is 0. The SMILES string of the molecule is CC(C)C1(N)CN(S(=O)(=O)c2cccc(C(F)(F)F)c2)C1. The molecule has 1 aliphatic heterocycles. The Kier molecular flexibility index (Phi) is 3.84. The summed E-state index contributed by atoms with van der Waals surface area (Å²) in [4.78, 5) is -0.358. The van der Waals surface area contributed by atoms with Crippen molar-refractivity contribution in [3.8, 4) is 0 Å². The summed E-state index contributed by atoms with van der Waals surface area (Å²) in [5.74, 6) is 0.0884. The van der Waals surface area contributed by atoms with Crippen LogP contribution in [-0.2, 0) is 16.2 Å². The number of benzene rings is 1. The summed E-state index contributed by atoms with van der Waals surface area (Å²) in [5.41, 5.74) is 4.43. The van der Waals surface area contributed by atoms with E-state index in [0.29, 0.717) is 6.07 Å². The summed E-state index contributed by atoms with van der Waals surface area (Å²) in [6.45, 7) is 3.99. The van der Waals surface area contributed by atoms with Crippen LogP contribution in [0.15, 0.2) is 29.2 Å². The number of nitrogens with two attached hydrogens (primary N) is 1. The van der Waals surface area contributed by atoms with Gasteiger partial charge >= 0.3 is 6.18 Å². The molecular formula is C13H17F3N2O2S. The molecule has 4 nitrogen and oxygen atoms in total. The Morgan fingerprint density at radius 3 is 2.33 bits per heavy atom. The maximum Gasteiger partial charge on any atom is 0.416 e. The largest absolute Gasteiger partial charge is 0.416 e. The van der Waals surface area contributed by atoms with Crippen LogP contribution in [0, 0.1) is 5.92 Å². The highest BCUT2D eigenvalue weighted by Gasteiger charge is 2.47. The van der Waals surface area contributed by atoms with Crippen LogP contribution in [0.5, 0.6) is 0 Å². The van der Waals surface area contributed by atoms with Gasteiger partial charge in [0.25, 0.3) is 0 Å². The highest BCUT2D eigenvalue weighted by atomic mass is 32.2. The van der Waals surface area contributed by atoms with E-state index < -0.39 is 27.3 Å². The molecule has 2 N–H and O–H groups in total. The summed E-state index contributed by atoms with van der Waals surface area (Å²) in [6, 6.07) is 3.75. The van der Waals surface area contributed by atoms with Crippen molar-refractivity contribution in [2.75, 3.05) is 13.1 Å². The van der Waals surface area contributed by atoms with Crippen molar-refractivity contribution in [3.05, 3.63) is 29.8 Å². The average molecular weight is 322 g/mol. The zero-order valence-electron chi connectivity index (χ0n) is 11.7. The van der Waals surface area contributed by atoms with Gasteiger partial charge in [0.2, 0.25) is 10.0 Å². The fourth-order valence-electron chi connectivity index (χ4n) is 2.13. The van der Waals surface area contributed by atoms with Gasteiger partial charge in [-0.15, -0.1) is 0 Å². The first-order chi connectivity index (χ1) is 9.47. The van der Waals surface area contributed by atoms with E-state index in [1.165, 1.54) is 0 Å². The molecule has 1 aromatic carbocycles. The smallest absolute Gasteiger partial charge is 0.323 e. The van der Waals surface area contributed by atoms with Crippen LogP contribution in [0.3, 0.4) is 0 Å². The van der Waals surface area contributed by atoms with Crippen molar-refractivity contribution in [2.45, 2.75) is 30.5 Å². The number of sulfonamides is 1. The molecular weight excluding hydrogens is 305 g/mol. The van der Waals surface area contributed by atoms with Crippen LogP contribution in [-0.4, -0.2) is 31.4 Å². The molecule has 0 bridgehead atoms. The Labute approximate surface area is 121 Å². The normalized spacial score (nSPS) is 19.6. The van der Waals surface area contributed by atoms with E-state index in [1.807, 2.05) is 13.8 Å². The summed E-state index contributed by atoms with van der Waals surface area (Å²) in [6.07, 6.45) is -4.57. The van der Waals surface area contributed by atoms with Gasteiger partial charge in [-0.2, -0.15) is 17.5 Å². The lowest BCUT2D eigenvalue weighted by Crippen LogP contribution is -2.70. The maximum atomic E-state index is 12.7. The summed E-state index contributed by atoms with van der Waals surface area (Å²) < 4.78 is 63.7. The fraction of sp³-hybridized carbons (Fsp3) is 0.538. The monoisotopic (exact) mass is 322 g/mol. The molecule has 0 amide bonds. The first kappa shape index (κ1) is 16.3. The first-order valence-corrected chi connectivity index (χ1v) is 7.87. The highest BCUT2D eigenvalue weighted by Crippen LogP contribution is 2.34. The van der Waals surface area contributed by atoms with E-state index in [1.54, 1.807) is 0 Å². The second kappa shape index (κ2) is 4.96. The molecule has 118 valence electrons. The quantitative estimate of drug-likeness (QED) is 0.926. The molecule has 0 atom stereocenters. The molecule has 1 saturated heterocycles. The van der Waals surface area contributed by atoms with Crippen molar-refractivity contribution in [1.29, 1.82) is 0 Å². The molecule has 0 radical (unpaired) electrons. The third-order valence-corrected chi connectivity index (χ3v) is 5.68. The minimum atomic E-state index is -4.57. The fourth-order valence-corrected chi connectivity index (χ4v) is 3.77. The zero-order chi connectivity index (χ0) is 16.1. The van der Waals surface area contributed by atoms with Gasteiger partial charge in [0.15, 0.2) is 0 Å². The van der Waals surface area contributed by atoms with E-state index in [-0.39, 0.29) is 23.9 Å². The van der Waals surface area contributed by atoms with E-state index in [2.05, 4.69) is 0 Å². The molecule has 21 heavy (non-hydrogen) atoms. The summed E-state index contributed by atoms with van der Waals surface area (Å²) in [5, 5.41) is 0. The van der Waals surface area contributed by atoms with Crippen LogP contribution in [0.1, 0.15) is 19.4 Å². The van der Waals surface area contributed by atoms with Gasteiger partial charge < -0.3 is 5.73 Å². The van der Waals surface area contributed by atoms with Crippen LogP contribution < -0.4 is 5.73 Å². The average Bonchev–Trinajstić information content (AvgIpc) is 2.33. The van der Waals surface area contributed by atoms with Crippen LogP contribution >= 0.6 is 0 Å². The molecule has 0 aliphatic carbocycles. The molecule has 1 heterocycles. The minimum Gasteiger partial charge on any atom is -0.323 e. The van der Waals surface area contributed by atoms with Crippen molar-refractivity contribution >= 4 is 10.0 Å². The standard InChI is InChI=1S/C13H17F3N2O2S/c1-9(2)12(17)7-18(8-12)21(19,20)11-5-3-4-10(6-11)13(14,15)16/h3-6,9H,7-8,17H2,1-2H3. The van der Waals surface area contributed by atoms with Crippen molar-refractivity contribution in [1.82, 2.24) is 4.31 Å². The van der Waals surface area contributed by atoms with Crippen LogP contribution in [0.2, 0.25) is 0 Å². The van der Waals surface area contributed by atoms with Crippen molar-refractivity contribution in [2.24, 2.45) is 11.7 Å². The van der Waals surface area contributed by atoms with E-state index in [0.717, 1.165) is 22.5 Å². The number of halogens is 3. The highest BCUT2D eigenvalue weighted by molar-refractivity contribution is 7.89. The predicted octanol–water partition coefficient (Wildman–Crippen LogP) is 2.06. The number of nitrogens with zero attached hydrogens (tertiary/aromatic N) is 1. The molecule has 1 aliphatic rings. The Balaban J connectivity index is 2.27. The molecule has 1 fully saturated rings.